The molecule has 0 bridgehead atoms. The Hall–Kier alpha value is -3.08. The molecule has 2 N–H and O–H groups in total. The molecule has 2 aliphatic heterocycles. The summed E-state index contributed by atoms with van der Waals surface area (Å²) in [6, 6.07) is 14.7. The van der Waals surface area contributed by atoms with E-state index in [9.17, 15) is 9.59 Å². The van der Waals surface area contributed by atoms with Gasteiger partial charge in [0.2, 0.25) is 0 Å². The van der Waals surface area contributed by atoms with Gasteiger partial charge in [0.15, 0.2) is 0 Å². The molecule has 1 unspecified atom stereocenters. The molecule has 0 saturated carbocycles. The molecule has 0 aromatic heterocycles. The molecule has 204 valence electrons. The van der Waals surface area contributed by atoms with Gasteiger partial charge in [0.05, 0.1) is 12.3 Å². The van der Waals surface area contributed by atoms with Crippen LogP contribution < -0.4 is 10.6 Å². The summed E-state index contributed by atoms with van der Waals surface area (Å²) in [6.45, 7) is 2.83. The first-order valence-electron chi connectivity index (χ1n) is 14.9. The van der Waals surface area contributed by atoms with E-state index in [2.05, 4.69) is 17.6 Å². The summed E-state index contributed by atoms with van der Waals surface area (Å²) >= 11 is 0. The fraction of sp³-hybridized carbons (Fsp3) is 0.515. The maximum atomic E-state index is 12.6. The number of nitrogens with one attached hydrogen (secondary N) is 2. The van der Waals surface area contributed by atoms with Crippen LogP contribution in [0.4, 0.5) is 0 Å². The Morgan fingerprint density at radius 3 is 1.82 bits per heavy atom. The lowest BCUT2D eigenvalue weighted by Crippen LogP contribution is -2.25. The Balaban J connectivity index is 1.24. The monoisotopic (exact) mass is 516 g/mol. The van der Waals surface area contributed by atoms with Gasteiger partial charge in [-0.25, -0.2) is 0 Å². The minimum absolute atomic E-state index is 0.110. The van der Waals surface area contributed by atoms with Crippen molar-refractivity contribution in [3.63, 3.8) is 0 Å². The molecule has 1 atom stereocenters. The van der Waals surface area contributed by atoms with E-state index < -0.39 is 6.04 Å². The molecule has 2 amide bonds. The molecule has 5 nitrogen and oxygen atoms in total. The van der Waals surface area contributed by atoms with Gasteiger partial charge in [0.25, 0.3) is 11.8 Å². The van der Waals surface area contributed by atoms with Crippen molar-refractivity contribution in [3.8, 4) is 0 Å². The van der Waals surface area contributed by atoms with E-state index in [-0.39, 0.29) is 11.8 Å². The van der Waals surface area contributed by atoms with Crippen molar-refractivity contribution in [1.29, 1.82) is 0 Å². The van der Waals surface area contributed by atoms with Gasteiger partial charge < -0.3 is 15.4 Å². The zero-order valence-corrected chi connectivity index (χ0v) is 23.0. The predicted octanol–water partition coefficient (Wildman–Crippen LogP) is 8.08. The van der Waals surface area contributed by atoms with E-state index in [0.717, 1.165) is 24.0 Å². The topological polar surface area (TPSA) is 67.4 Å². The first kappa shape index (κ1) is 27.9. The van der Waals surface area contributed by atoms with Gasteiger partial charge in [-0.05, 0) is 24.1 Å². The van der Waals surface area contributed by atoms with Crippen molar-refractivity contribution >= 4 is 17.5 Å². The van der Waals surface area contributed by atoms with E-state index in [1.807, 2.05) is 48.5 Å². The van der Waals surface area contributed by atoms with E-state index in [0.29, 0.717) is 29.2 Å². The van der Waals surface area contributed by atoms with Crippen LogP contribution in [0.5, 0.6) is 0 Å². The number of benzene rings is 2. The third kappa shape index (κ3) is 7.27. The lowest BCUT2D eigenvalue weighted by atomic mass is 10.00. The Bertz CT molecular complexity index is 1110. The van der Waals surface area contributed by atoms with Gasteiger partial charge in [-0.2, -0.15) is 0 Å². The van der Waals surface area contributed by atoms with Crippen molar-refractivity contribution in [3.05, 3.63) is 76.5 Å². The number of carbonyl (C=O) groups is 2. The van der Waals surface area contributed by atoms with Crippen LogP contribution in [0.3, 0.4) is 0 Å². The smallest absolute Gasteiger partial charge is 0.256 e. The lowest BCUT2D eigenvalue weighted by Gasteiger charge is -2.20. The average molecular weight is 517 g/mol. The molecule has 0 spiro atoms. The van der Waals surface area contributed by atoms with Crippen molar-refractivity contribution in [2.24, 2.45) is 0 Å². The molecular weight excluding hydrogens is 472 g/mol. The SMILES string of the molecule is CCCCCCCCCCCCCCCCOC(=C1NC(=O)c2ccccc21)C1NC(=O)c2ccccc21. The second kappa shape index (κ2) is 14.8. The van der Waals surface area contributed by atoms with Gasteiger partial charge in [0, 0.05) is 16.7 Å². The number of fused-ring (bicyclic) bond motifs is 2. The lowest BCUT2D eigenvalue weighted by molar-refractivity contribution is 0.0944. The molecule has 2 aliphatic rings. The third-order valence-electron chi connectivity index (χ3n) is 7.74. The Labute approximate surface area is 228 Å². The highest BCUT2D eigenvalue weighted by atomic mass is 16.5. The van der Waals surface area contributed by atoms with Gasteiger partial charge in [0.1, 0.15) is 11.8 Å². The first-order valence-corrected chi connectivity index (χ1v) is 14.9. The highest BCUT2D eigenvalue weighted by Gasteiger charge is 2.36. The molecule has 5 heteroatoms. The summed E-state index contributed by atoms with van der Waals surface area (Å²) in [5, 5.41) is 6.08. The maximum Gasteiger partial charge on any atom is 0.256 e. The highest BCUT2D eigenvalue weighted by Crippen LogP contribution is 2.37. The molecule has 0 aliphatic carbocycles. The number of rotatable bonds is 17. The molecular formula is C33H44N2O3. The Morgan fingerprint density at radius 1 is 0.658 bits per heavy atom. The summed E-state index contributed by atoms with van der Waals surface area (Å²) in [6.07, 6.45) is 18.3. The molecule has 2 heterocycles. The van der Waals surface area contributed by atoms with Crippen molar-refractivity contribution < 1.29 is 14.3 Å². The summed E-state index contributed by atoms with van der Waals surface area (Å²) in [7, 11) is 0. The molecule has 0 fully saturated rings. The molecule has 4 rings (SSSR count). The van der Waals surface area contributed by atoms with E-state index in [4.69, 9.17) is 4.74 Å². The Kier molecular flexibility index (Phi) is 10.8. The highest BCUT2D eigenvalue weighted by molar-refractivity contribution is 6.10. The normalized spacial score (nSPS) is 17.1. The van der Waals surface area contributed by atoms with Crippen molar-refractivity contribution in [2.45, 2.75) is 103 Å². The van der Waals surface area contributed by atoms with Crippen molar-refractivity contribution in [1.82, 2.24) is 10.6 Å². The molecule has 38 heavy (non-hydrogen) atoms. The fourth-order valence-corrected chi connectivity index (χ4v) is 5.57. The van der Waals surface area contributed by atoms with Crippen LogP contribution in [0.15, 0.2) is 54.3 Å². The van der Waals surface area contributed by atoms with Crippen LogP contribution in [0.1, 0.15) is 135 Å². The summed E-state index contributed by atoms with van der Waals surface area (Å²) < 4.78 is 6.38. The zero-order chi connectivity index (χ0) is 26.6. The second-order valence-corrected chi connectivity index (χ2v) is 10.7. The molecule has 0 radical (unpaired) electrons. The standard InChI is InChI=1S/C33H44N2O3/c1-2-3-4-5-6-7-8-9-10-11-12-13-14-19-24-38-31(29-25-20-15-17-22-27(25)32(36)34-29)30-26-21-16-18-23-28(26)33(37)35-30/h15-18,20-23,29H,2-14,19,24H2,1H3,(H,34,36)(H,35,37). The Morgan fingerprint density at radius 2 is 1.18 bits per heavy atom. The zero-order valence-electron chi connectivity index (χ0n) is 23.0. The number of unbranched alkanes of at least 4 members (excludes halogenated alkanes) is 13. The number of hydrogen-bond acceptors (Lipinski definition) is 3. The quantitative estimate of drug-likeness (QED) is 0.165. The van der Waals surface area contributed by atoms with E-state index in [1.165, 1.54) is 77.0 Å². The fourth-order valence-electron chi connectivity index (χ4n) is 5.57. The largest absolute Gasteiger partial charge is 0.493 e. The summed E-state index contributed by atoms with van der Waals surface area (Å²) in [4.78, 5) is 25.3. The molecule has 0 saturated heterocycles. The first-order chi connectivity index (χ1) is 18.7. The summed E-state index contributed by atoms with van der Waals surface area (Å²) in [5.74, 6) is 0.378. The van der Waals surface area contributed by atoms with E-state index in [1.54, 1.807) is 0 Å². The van der Waals surface area contributed by atoms with Crippen LogP contribution >= 0.6 is 0 Å². The van der Waals surface area contributed by atoms with Crippen LogP contribution in [0.2, 0.25) is 0 Å². The van der Waals surface area contributed by atoms with Gasteiger partial charge >= 0.3 is 0 Å². The third-order valence-corrected chi connectivity index (χ3v) is 7.74. The van der Waals surface area contributed by atoms with Crippen LogP contribution in [-0.4, -0.2) is 18.4 Å². The second-order valence-electron chi connectivity index (χ2n) is 10.7. The van der Waals surface area contributed by atoms with Crippen LogP contribution in [0.25, 0.3) is 5.70 Å². The van der Waals surface area contributed by atoms with Gasteiger partial charge in [-0.15, -0.1) is 0 Å². The maximum absolute atomic E-state index is 12.6. The van der Waals surface area contributed by atoms with E-state index >= 15 is 0 Å². The van der Waals surface area contributed by atoms with Crippen LogP contribution in [0, 0.1) is 0 Å². The summed E-state index contributed by atoms with van der Waals surface area (Å²) in [5.41, 5.74) is 3.68. The average Bonchev–Trinajstić information content (AvgIpc) is 3.45. The van der Waals surface area contributed by atoms with Gasteiger partial charge in [-0.3, -0.25) is 9.59 Å². The number of amides is 2. The molecule has 2 aromatic carbocycles. The van der Waals surface area contributed by atoms with Gasteiger partial charge in [-0.1, -0.05) is 127 Å². The number of hydrogen-bond donors (Lipinski definition) is 2. The predicted molar refractivity (Wildman–Crippen MR) is 154 cm³/mol. The minimum atomic E-state index is -0.410. The molecule has 2 aromatic rings. The minimum Gasteiger partial charge on any atom is -0.493 e. The van der Waals surface area contributed by atoms with Crippen molar-refractivity contribution in [2.75, 3.05) is 6.61 Å². The van der Waals surface area contributed by atoms with Crippen LogP contribution in [-0.2, 0) is 4.74 Å². The number of carbonyl (C=O) groups excluding carboxylic acids is 2. The number of ether oxygens (including phenoxy) is 1.